The second-order valence-corrected chi connectivity index (χ2v) is 7.59. The van der Waals surface area contributed by atoms with Crippen LogP contribution >= 0.6 is 0 Å². The molecule has 0 spiro atoms. The lowest BCUT2D eigenvalue weighted by Gasteiger charge is -2.26. The number of benzene rings is 2. The Balaban J connectivity index is 1.63. The Kier molecular flexibility index (Phi) is 7.06. The van der Waals surface area contributed by atoms with Crippen LogP contribution in [-0.2, 0) is 9.53 Å². The largest absolute Gasteiger partial charge is 0.573 e. The van der Waals surface area contributed by atoms with Crippen LogP contribution in [0.4, 0.5) is 17.6 Å². The number of carbonyl (C=O) groups excluding carboxylic acids is 1. The zero-order valence-corrected chi connectivity index (χ0v) is 18.3. The first-order chi connectivity index (χ1) is 16.7. The number of nitrogens with zero attached hydrogens (tertiary/aromatic N) is 2. The predicted molar refractivity (Wildman–Crippen MR) is 117 cm³/mol. The lowest BCUT2D eigenvalue weighted by molar-refractivity contribution is -0.274. The molecule has 1 saturated heterocycles. The van der Waals surface area contributed by atoms with E-state index in [9.17, 15) is 27.2 Å². The lowest BCUT2D eigenvalue weighted by Crippen LogP contribution is -2.43. The fourth-order valence-electron chi connectivity index (χ4n) is 3.54. The maximum atomic E-state index is 13.5. The quantitative estimate of drug-likeness (QED) is 0.470. The Hall–Kier alpha value is -3.86. The molecule has 35 heavy (non-hydrogen) atoms. The van der Waals surface area contributed by atoms with Gasteiger partial charge in [0.25, 0.3) is 5.56 Å². The molecule has 2 heterocycles. The second kappa shape index (κ2) is 10.2. The zero-order chi connectivity index (χ0) is 25.0. The maximum absolute atomic E-state index is 13.5. The average Bonchev–Trinajstić information content (AvgIpc) is 2.81. The molecule has 1 fully saturated rings. The van der Waals surface area contributed by atoms with Crippen LogP contribution in [0.3, 0.4) is 0 Å². The number of hydrogen-bond donors (Lipinski definition) is 0. The summed E-state index contributed by atoms with van der Waals surface area (Å²) in [5.74, 6) is -0.816. The van der Waals surface area contributed by atoms with Gasteiger partial charge in [0.05, 0.1) is 13.2 Å². The van der Waals surface area contributed by atoms with Crippen molar-refractivity contribution < 1.29 is 36.6 Å². The Bertz CT molecular complexity index is 1240. The highest BCUT2D eigenvalue weighted by molar-refractivity contribution is 5.78. The fraction of sp³-hybridized carbons (Fsp3) is 0.250. The first kappa shape index (κ1) is 24.3. The number of ether oxygens (including phenoxy) is 3. The van der Waals surface area contributed by atoms with E-state index in [0.717, 1.165) is 12.1 Å². The molecule has 0 aliphatic carbocycles. The van der Waals surface area contributed by atoms with E-state index in [-0.39, 0.29) is 31.4 Å². The Morgan fingerprint density at radius 3 is 2.37 bits per heavy atom. The van der Waals surface area contributed by atoms with E-state index in [2.05, 4.69) is 4.74 Å². The topological polar surface area (TPSA) is 70.0 Å². The monoisotopic (exact) mass is 492 g/mol. The van der Waals surface area contributed by atoms with Crippen LogP contribution in [0.2, 0.25) is 0 Å². The van der Waals surface area contributed by atoms with Crippen LogP contribution in [0, 0.1) is 5.82 Å². The Morgan fingerprint density at radius 2 is 1.71 bits per heavy atom. The van der Waals surface area contributed by atoms with Crippen molar-refractivity contribution in [1.82, 2.24) is 9.47 Å². The number of halogens is 4. The van der Waals surface area contributed by atoms with Crippen molar-refractivity contribution in [3.05, 3.63) is 77.0 Å². The molecule has 2 aromatic carbocycles. The van der Waals surface area contributed by atoms with Gasteiger partial charge in [0.1, 0.15) is 30.5 Å². The molecular weight excluding hydrogens is 472 g/mol. The molecule has 1 amide bonds. The highest BCUT2D eigenvalue weighted by Crippen LogP contribution is 2.30. The molecule has 0 unspecified atom stereocenters. The van der Waals surface area contributed by atoms with Crippen molar-refractivity contribution in [2.24, 2.45) is 0 Å². The molecule has 1 aliphatic heterocycles. The molecule has 11 heteroatoms. The third-order valence-electron chi connectivity index (χ3n) is 5.22. The Labute approximate surface area is 197 Å². The summed E-state index contributed by atoms with van der Waals surface area (Å²) in [4.78, 5) is 26.3. The van der Waals surface area contributed by atoms with Crippen molar-refractivity contribution in [3.8, 4) is 28.3 Å². The predicted octanol–water partition coefficient (Wildman–Crippen LogP) is 3.78. The van der Waals surface area contributed by atoms with Gasteiger partial charge in [-0.2, -0.15) is 0 Å². The SMILES string of the molecule is O=C1COCCN1CCOc1cc(=O)n(-c2ccc(OC(F)(F)F)cc2)cc1-c1ccc(F)cc1. The molecule has 3 aromatic rings. The van der Waals surface area contributed by atoms with Gasteiger partial charge in [-0.15, -0.1) is 13.2 Å². The standard InChI is InChI=1S/C24H20F4N2O5/c25-17-3-1-16(2-4-17)20-14-30(18-5-7-19(8-6-18)35-24(26,27)28)22(31)13-21(20)34-12-10-29-9-11-33-15-23(29)32/h1-8,13-14H,9-12,15H2. The average molecular weight is 492 g/mol. The normalized spacial score (nSPS) is 14.2. The van der Waals surface area contributed by atoms with E-state index in [1.807, 2.05) is 0 Å². The molecule has 0 radical (unpaired) electrons. The van der Waals surface area contributed by atoms with E-state index in [1.54, 1.807) is 4.90 Å². The van der Waals surface area contributed by atoms with Crippen molar-refractivity contribution in [2.45, 2.75) is 6.36 Å². The molecule has 0 N–H and O–H groups in total. The van der Waals surface area contributed by atoms with Gasteiger partial charge in [-0.05, 0) is 42.0 Å². The van der Waals surface area contributed by atoms with Gasteiger partial charge in [0.15, 0.2) is 0 Å². The van der Waals surface area contributed by atoms with Gasteiger partial charge in [-0.25, -0.2) is 4.39 Å². The van der Waals surface area contributed by atoms with Gasteiger partial charge < -0.3 is 19.1 Å². The lowest BCUT2D eigenvalue weighted by atomic mass is 10.1. The van der Waals surface area contributed by atoms with Crippen molar-refractivity contribution in [2.75, 3.05) is 32.9 Å². The van der Waals surface area contributed by atoms with Crippen LogP contribution in [0.25, 0.3) is 16.8 Å². The third-order valence-corrected chi connectivity index (χ3v) is 5.22. The first-order valence-electron chi connectivity index (χ1n) is 10.6. The minimum Gasteiger partial charge on any atom is -0.491 e. The number of aromatic nitrogens is 1. The molecule has 7 nitrogen and oxygen atoms in total. The van der Waals surface area contributed by atoms with Crippen LogP contribution in [0.5, 0.6) is 11.5 Å². The van der Waals surface area contributed by atoms with E-state index >= 15 is 0 Å². The number of rotatable bonds is 7. The minimum absolute atomic E-state index is 0.00365. The zero-order valence-electron chi connectivity index (χ0n) is 18.3. The third kappa shape index (κ3) is 6.18. The molecule has 4 rings (SSSR count). The van der Waals surface area contributed by atoms with Crippen LogP contribution in [-0.4, -0.2) is 54.6 Å². The van der Waals surface area contributed by atoms with Gasteiger partial charge in [-0.3, -0.25) is 14.2 Å². The molecule has 1 aromatic heterocycles. The van der Waals surface area contributed by atoms with Gasteiger partial charge in [0.2, 0.25) is 5.91 Å². The number of alkyl halides is 3. The number of hydrogen-bond acceptors (Lipinski definition) is 5. The fourth-order valence-corrected chi connectivity index (χ4v) is 3.54. The smallest absolute Gasteiger partial charge is 0.491 e. The number of morpholine rings is 1. The highest BCUT2D eigenvalue weighted by atomic mass is 19.4. The number of pyridine rings is 1. The molecule has 184 valence electrons. The number of amides is 1. The van der Waals surface area contributed by atoms with E-state index in [0.29, 0.717) is 30.0 Å². The van der Waals surface area contributed by atoms with Crippen molar-refractivity contribution in [1.29, 1.82) is 0 Å². The first-order valence-corrected chi connectivity index (χ1v) is 10.6. The van der Waals surface area contributed by atoms with E-state index < -0.39 is 23.5 Å². The van der Waals surface area contributed by atoms with Gasteiger partial charge in [-0.1, -0.05) is 12.1 Å². The summed E-state index contributed by atoms with van der Waals surface area (Å²) in [6.07, 6.45) is -3.37. The minimum atomic E-state index is -4.83. The molecular formula is C24H20F4N2O5. The van der Waals surface area contributed by atoms with Crippen LogP contribution in [0.1, 0.15) is 0 Å². The Morgan fingerprint density at radius 1 is 1.00 bits per heavy atom. The summed E-state index contributed by atoms with van der Waals surface area (Å²) in [5.41, 5.74) is 0.791. The summed E-state index contributed by atoms with van der Waals surface area (Å²) >= 11 is 0. The highest BCUT2D eigenvalue weighted by Gasteiger charge is 2.31. The van der Waals surface area contributed by atoms with Gasteiger partial charge in [0, 0.05) is 30.1 Å². The van der Waals surface area contributed by atoms with Gasteiger partial charge >= 0.3 is 6.36 Å². The summed E-state index contributed by atoms with van der Waals surface area (Å²) < 4.78 is 66.8. The molecule has 0 saturated carbocycles. The summed E-state index contributed by atoms with van der Waals surface area (Å²) in [7, 11) is 0. The molecule has 1 aliphatic rings. The summed E-state index contributed by atoms with van der Waals surface area (Å²) in [6.45, 7) is 1.25. The van der Waals surface area contributed by atoms with Crippen molar-refractivity contribution >= 4 is 5.91 Å². The van der Waals surface area contributed by atoms with Crippen LogP contribution < -0.4 is 15.0 Å². The maximum Gasteiger partial charge on any atom is 0.573 e. The van der Waals surface area contributed by atoms with E-state index in [4.69, 9.17) is 9.47 Å². The van der Waals surface area contributed by atoms with E-state index in [1.165, 1.54) is 53.2 Å². The second-order valence-electron chi connectivity index (χ2n) is 7.59. The summed E-state index contributed by atoms with van der Waals surface area (Å²) in [6, 6.07) is 11.6. The number of carbonyl (C=O) groups is 1. The molecule has 0 bridgehead atoms. The molecule has 0 atom stereocenters. The van der Waals surface area contributed by atoms with Crippen LogP contribution in [0.15, 0.2) is 65.6 Å². The van der Waals surface area contributed by atoms with Crippen molar-refractivity contribution in [3.63, 3.8) is 0 Å². The summed E-state index contributed by atoms with van der Waals surface area (Å²) in [5, 5.41) is 0.